The normalized spacial score (nSPS) is 12.2. The molecular formula is C56H48N4O. The fourth-order valence-electron chi connectivity index (χ4n) is 8.71. The van der Waals surface area contributed by atoms with Gasteiger partial charge in [0.1, 0.15) is 11.6 Å². The fraction of sp³-hybridized carbons (Fsp3) is 0.143. The summed E-state index contributed by atoms with van der Waals surface area (Å²) >= 11 is 0. The van der Waals surface area contributed by atoms with Crippen LogP contribution in [-0.4, -0.2) is 24.2 Å². The molecule has 3 heterocycles. The number of aromatic nitrogens is 4. The molecule has 61 heavy (non-hydrogen) atoms. The van der Waals surface area contributed by atoms with Crippen LogP contribution >= 0.6 is 0 Å². The second kappa shape index (κ2) is 14.5. The molecule has 5 heteroatoms. The molecule has 0 aliphatic rings. The lowest BCUT2D eigenvalue weighted by Crippen LogP contribution is -2.12. The number of fused-ring (bicyclic) bond motifs is 4. The Morgan fingerprint density at radius 3 is 1.87 bits per heavy atom. The van der Waals surface area contributed by atoms with Crippen molar-refractivity contribution in [2.24, 2.45) is 0 Å². The highest BCUT2D eigenvalue weighted by Crippen LogP contribution is 2.43. The molecule has 3 aromatic heterocycles. The summed E-state index contributed by atoms with van der Waals surface area (Å²) in [5.41, 5.74) is 15.3. The molecule has 0 amide bonds. The van der Waals surface area contributed by atoms with Gasteiger partial charge in [-0.2, -0.15) is 0 Å². The molecule has 0 spiro atoms. The first-order valence-corrected chi connectivity index (χ1v) is 21.1. The summed E-state index contributed by atoms with van der Waals surface area (Å²) in [7, 11) is 0. The van der Waals surface area contributed by atoms with E-state index in [0.717, 1.165) is 72.3 Å². The minimum absolute atomic E-state index is 0.0547. The topological polar surface area (TPSA) is 55.9 Å². The quantitative estimate of drug-likeness (QED) is 0.182. The Morgan fingerprint density at radius 1 is 0.459 bits per heavy atom. The molecule has 298 valence electrons. The van der Waals surface area contributed by atoms with Crippen LogP contribution in [0.2, 0.25) is 0 Å². The van der Waals surface area contributed by atoms with Gasteiger partial charge in [-0.1, -0.05) is 145 Å². The van der Waals surface area contributed by atoms with E-state index in [1.54, 1.807) is 6.07 Å². The first-order chi connectivity index (χ1) is 29.4. The van der Waals surface area contributed by atoms with Crippen LogP contribution in [0, 0.1) is 0 Å². The number of para-hydroxylation sites is 4. The van der Waals surface area contributed by atoms with E-state index in [0.29, 0.717) is 11.4 Å². The molecule has 0 unspecified atom stereocenters. The van der Waals surface area contributed by atoms with E-state index in [9.17, 15) is 5.11 Å². The molecule has 0 atom stereocenters. The van der Waals surface area contributed by atoms with Crippen molar-refractivity contribution in [2.45, 2.75) is 52.4 Å². The fourth-order valence-corrected chi connectivity index (χ4v) is 8.71. The van der Waals surface area contributed by atoms with Gasteiger partial charge in [0.25, 0.3) is 0 Å². The van der Waals surface area contributed by atoms with Crippen LogP contribution in [0.1, 0.15) is 52.7 Å². The van der Waals surface area contributed by atoms with Crippen molar-refractivity contribution >= 4 is 32.8 Å². The lowest BCUT2D eigenvalue weighted by molar-refractivity contribution is 0.477. The summed E-state index contributed by atoms with van der Waals surface area (Å²) in [6.07, 6.45) is 2.03. The van der Waals surface area contributed by atoms with Crippen LogP contribution < -0.4 is 0 Å². The van der Waals surface area contributed by atoms with Gasteiger partial charge in [-0.15, -0.1) is 0 Å². The lowest BCUT2D eigenvalue weighted by Gasteiger charge is -2.23. The molecule has 10 aromatic rings. The van der Waals surface area contributed by atoms with E-state index in [4.69, 9.17) is 9.97 Å². The molecule has 7 aromatic carbocycles. The van der Waals surface area contributed by atoms with E-state index < -0.39 is 0 Å². The Hall–Kier alpha value is -7.24. The SMILES string of the molecule is CC(C)(C)c1cc(-c2cc3c4ccccc4n(-c4ccccc4)c3cn2)cc(-c2cccc3c2nc(-c2ccccc2O)n3-c2ccc(C(C)(C)C)cc2-c2ccccc2)c1. The number of hydrogen-bond acceptors (Lipinski definition) is 3. The van der Waals surface area contributed by atoms with Crippen molar-refractivity contribution < 1.29 is 5.11 Å². The number of benzene rings is 7. The van der Waals surface area contributed by atoms with E-state index in [2.05, 4.69) is 196 Å². The molecule has 0 fully saturated rings. The highest BCUT2D eigenvalue weighted by molar-refractivity contribution is 6.10. The summed E-state index contributed by atoms with van der Waals surface area (Å²) in [6.45, 7) is 13.5. The van der Waals surface area contributed by atoms with Gasteiger partial charge >= 0.3 is 0 Å². The van der Waals surface area contributed by atoms with Crippen LogP contribution in [0.25, 0.3) is 89.1 Å². The molecule has 0 bridgehead atoms. The van der Waals surface area contributed by atoms with Gasteiger partial charge in [0.2, 0.25) is 0 Å². The zero-order valence-corrected chi connectivity index (χ0v) is 35.5. The highest BCUT2D eigenvalue weighted by atomic mass is 16.3. The van der Waals surface area contributed by atoms with Gasteiger partial charge in [0.05, 0.1) is 45.2 Å². The van der Waals surface area contributed by atoms with Crippen LogP contribution in [0.5, 0.6) is 5.75 Å². The minimum Gasteiger partial charge on any atom is -0.507 e. The molecule has 0 saturated carbocycles. The Morgan fingerprint density at radius 2 is 1.11 bits per heavy atom. The van der Waals surface area contributed by atoms with Gasteiger partial charge in [-0.3, -0.25) is 9.55 Å². The van der Waals surface area contributed by atoms with Crippen molar-refractivity contribution in [3.05, 3.63) is 187 Å². The minimum atomic E-state index is -0.147. The van der Waals surface area contributed by atoms with Gasteiger partial charge in [-0.25, -0.2) is 4.98 Å². The van der Waals surface area contributed by atoms with Crippen molar-refractivity contribution in [3.8, 4) is 62.0 Å². The zero-order chi connectivity index (χ0) is 42.0. The second-order valence-electron chi connectivity index (χ2n) is 18.1. The summed E-state index contributed by atoms with van der Waals surface area (Å²) in [6, 6.07) is 59.5. The number of pyridine rings is 1. The monoisotopic (exact) mass is 792 g/mol. The van der Waals surface area contributed by atoms with Gasteiger partial charge in [-0.05, 0) is 99.8 Å². The van der Waals surface area contributed by atoms with Crippen LogP contribution in [0.4, 0.5) is 0 Å². The third-order valence-corrected chi connectivity index (χ3v) is 12.0. The van der Waals surface area contributed by atoms with Gasteiger partial charge in [0, 0.05) is 33.2 Å². The number of imidazole rings is 1. The molecule has 0 radical (unpaired) electrons. The summed E-state index contributed by atoms with van der Waals surface area (Å²) in [4.78, 5) is 10.7. The van der Waals surface area contributed by atoms with Crippen molar-refractivity contribution in [3.63, 3.8) is 0 Å². The molecule has 10 rings (SSSR count). The van der Waals surface area contributed by atoms with E-state index in [1.807, 2.05) is 24.4 Å². The standard InChI is InChI=1S/C56H48N4O/c1-55(2,3)39-28-29-49(45(33-39)36-18-9-7-10-19-36)60-50-26-17-24-42(53(50)58-54(60)44-23-14-16-27-52(44)61)37-30-38(32-40(31-37)56(4,5)6)47-34-46-43-22-13-15-25-48(43)59(51(46)35-57-47)41-20-11-8-12-21-41/h7-35,61H,1-6H3. The maximum atomic E-state index is 11.4. The zero-order valence-electron chi connectivity index (χ0n) is 35.5. The number of hydrogen-bond donors (Lipinski definition) is 1. The number of nitrogens with zero attached hydrogens (tertiary/aromatic N) is 4. The number of phenols is 1. The Balaban J connectivity index is 1.22. The first kappa shape index (κ1) is 38.0. The number of rotatable bonds is 6. The third-order valence-electron chi connectivity index (χ3n) is 12.0. The third kappa shape index (κ3) is 6.67. The van der Waals surface area contributed by atoms with Crippen LogP contribution in [0.3, 0.4) is 0 Å². The average molecular weight is 793 g/mol. The van der Waals surface area contributed by atoms with Crippen LogP contribution in [0.15, 0.2) is 176 Å². The number of phenolic OH excluding ortho intramolecular Hbond substituents is 1. The van der Waals surface area contributed by atoms with E-state index in [-0.39, 0.29) is 16.6 Å². The highest BCUT2D eigenvalue weighted by Gasteiger charge is 2.25. The lowest BCUT2D eigenvalue weighted by atomic mass is 9.83. The van der Waals surface area contributed by atoms with Crippen LogP contribution in [-0.2, 0) is 10.8 Å². The molecule has 0 saturated heterocycles. The molecule has 1 N–H and O–H groups in total. The summed E-state index contributed by atoms with van der Waals surface area (Å²) < 4.78 is 4.53. The molecule has 0 aliphatic heterocycles. The van der Waals surface area contributed by atoms with Crippen molar-refractivity contribution in [1.29, 1.82) is 0 Å². The molecular weight excluding hydrogens is 745 g/mol. The van der Waals surface area contributed by atoms with E-state index in [1.165, 1.54) is 16.5 Å². The smallest absolute Gasteiger partial charge is 0.149 e. The second-order valence-corrected chi connectivity index (χ2v) is 18.1. The number of aromatic hydroxyl groups is 1. The summed E-state index contributed by atoms with van der Waals surface area (Å²) in [5, 5.41) is 13.8. The average Bonchev–Trinajstić information content (AvgIpc) is 3.82. The van der Waals surface area contributed by atoms with Gasteiger partial charge < -0.3 is 9.67 Å². The Bertz CT molecular complexity index is 3270. The summed E-state index contributed by atoms with van der Waals surface area (Å²) in [5.74, 6) is 0.857. The predicted octanol–water partition coefficient (Wildman–Crippen LogP) is 14.5. The molecule has 0 aliphatic carbocycles. The van der Waals surface area contributed by atoms with E-state index >= 15 is 0 Å². The Labute approximate surface area is 357 Å². The molecule has 5 nitrogen and oxygen atoms in total. The van der Waals surface area contributed by atoms with Crippen molar-refractivity contribution in [2.75, 3.05) is 0 Å². The van der Waals surface area contributed by atoms with Crippen molar-refractivity contribution in [1.82, 2.24) is 19.1 Å². The maximum Gasteiger partial charge on any atom is 0.149 e. The van der Waals surface area contributed by atoms with Gasteiger partial charge in [0.15, 0.2) is 0 Å². The maximum absolute atomic E-state index is 11.4. The Kier molecular flexibility index (Phi) is 9.03. The predicted molar refractivity (Wildman–Crippen MR) is 254 cm³/mol. The first-order valence-electron chi connectivity index (χ1n) is 21.1. The largest absolute Gasteiger partial charge is 0.507 e.